The van der Waals surface area contributed by atoms with Gasteiger partial charge >= 0.3 is 5.97 Å². The SMILES string of the molecule is CCOC(=O)C1=C(C)NC(=S)N[C@@H]1c1ccccc1OCC(=O)NN=Cc1cc(OCC)c(O)cc1Br. The average molecular weight is 591 g/mol. The molecule has 0 aromatic heterocycles. The van der Waals surface area contributed by atoms with Crippen molar-refractivity contribution in [1.82, 2.24) is 16.1 Å². The Balaban J connectivity index is 1.71. The molecular formula is C25H27BrN4O6S. The van der Waals surface area contributed by atoms with Crippen molar-refractivity contribution >= 4 is 51.4 Å². The van der Waals surface area contributed by atoms with Gasteiger partial charge in [0, 0.05) is 21.3 Å². The molecule has 3 rings (SSSR count). The number of phenols is 1. The van der Waals surface area contributed by atoms with Crippen molar-refractivity contribution in [2.75, 3.05) is 19.8 Å². The van der Waals surface area contributed by atoms with Crippen molar-refractivity contribution in [3.63, 3.8) is 0 Å². The first-order valence-electron chi connectivity index (χ1n) is 11.4. The van der Waals surface area contributed by atoms with E-state index in [-0.39, 0.29) is 19.0 Å². The third-order valence-electron chi connectivity index (χ3n) is 5.12. The van der Waals surface area contributed by atoms with Crippen LogP contribution in [0.3, 0.4) is 0 Å². The van der Waals surface area contributed by atoms with Gasteiger partial charge in [-0.3, -0.25) is 4.79 Å². The van der Waals surface area contributed by atoms with Crippen molar-refractivity contribution < 1.29 is 28.9 Å². The van der Waals surface area contributed by atoms with E-state index in [9.17, 15) is 14.7 Å². The Kier molecular flexibility index (Phi) is 9.86. The molecule has 0 saturated heterocycles. The second-order valence-electron chi connectivity index (χ2n) is 7.68. The van der Waals surface area contributed by atoms with Crippen LogP contribution in [-0.4, -0.2) is 48.1 Å². The number of allylic oxidation sites excluding steroid dienone is 1. The minimum atomic E-state index is -0.628. The number of rotatable bonds is 10. The summed E-state index contributed by atoms with van der Waals surface area (Å²) in [6, 6.07) is 9.47. The van der Waals surface area contributed by atoms with Crippen LogP contribution >= 0.6 is 28.1 Å². The summed E-state index contributed by atoms with van der Waals surface area (Å²) in [4.78, 5) is 25.1. The van der Waals surface area contributed by atoms with E-state index in [0.29, 0.717) is 50.1 Å². The number of thiocarbonyl (C=S) groups is 1. The molecule has 0 fully saturated rings. The van der Waals surface area contributed by atoms with Crippen LogP contribution in [0.4, 0.5) is 0 Å². The van der Waals surface area contributed by atoms with Crippen LogP contribution in [-0.2, 0) is 14.3 Å². The number of hydrazone groups is 1. The van der Waals surface area contributed by atoms with Crippen LogP contribution in [0.15, 0.2) is 57.2 Å². The number of aromatic hydroxyl groups is 1. The van der Waals surface area contributed by atoms with Gasteiger partial charge in [-0.2, -0.15) is 5.10 Å². The van der Waals surface area contributed by atoms with Gasteiger partial charge in [0.2, 0.25) is 0 Å². The number of nitrogens with zero attached hydrogens (tertiary/aromatic N) is 1. The molecule has 196 valence electrons. The molecule has 1 aliphatic heterocycles. The number of esters is 1. The smallest absolute Gasteiger partial charge is 0.338 e. The lowest BCUT2D eigenvalue weighted by atomic mass is 9.95. The quantitative estimate of drug-likeness (QED) is 0.142. The van der Waals surface area contributed by atoms with E-state index in [4.69, 9.17) is 26.4 Å². The zero-order chi connectivity index (χ0) is 26.9. The van der Waals surface area contributed by atoms with Gasteiger partial charge in [0.1, 0.15) is 5.75 Å². The van der Waals surface area contributed by atoms with E-state index in [2.05, 4.69) is 37.1 Å². The van der Waals surface area contributed by atoms with E-state index in [0.717, 1.165) is 0 Å². The normalized spacial score (nSPS) is 15.1. The minimum absolute atomic E-state index is 0.0119. The number of hydrogen-bond donors (Lipinski definition) is 4. The summed E-state index contributed by atoms with van der Waals surface area (Å²) in [5.74, 6) is -0.307. The molecule has 10 nitrogen and oxygen atoms in total. The molecule has 37 heavy (non-hydrogen) atoms. The Morgan fingerprint density at radius 2 is 1.95 bits per heavy atom. The summed E-state index contributed by atoms with van der Waals surface area (Å²) in [6.45, 7) is 5.55. The zero-order valence-corrected chi connectivity index (χ0v) is 22.9. The number of para-hydroxylation sites is 1. The summed E-state index contributed by atoms with van der Waals surface area (Å²) in [6.07, 6.45) is 1.41. The maximum atomic E-state index is 12.7. The van der Waals surface area contributed by atoms with Crippen molar-refractivity contribution in [1.29, 1.82) is 0 Å². The van der Waals surface area contributed by atoms with E-state index in [1.54, 1.807) is 51.1 Å². The van der Waals surface area contributed by atoms with Crippen molar-refractivity contribution in [2.24, 2.45) is 5.10 Å². The maximum Gasteiger partial charge on any atom is 0.338 e. The van der Waals surface area contributed by atoms with Crippen LogP contribution in [0.5, 0.6) is 17.2 Å². The Labute approximate surface area is 228 Å². The van der Waals surface area contributed by atoms with Crippen LogP contribution in [0.25, 0.3) is 0 Å². The summed E-state index contributed by atoms with van der Waals surface area (Å²) in [5, 5.41) is 20.3. The highest BCUT2D eigenvalue weighted by atomic mass is 79.9. The predicted molar refractivity (Wildman–Crippen MR) is 146 cm³/mol. The summed E-state index contributed by atoms with van der Waals surface area (Å²) < 4.78 is 16.9. The first-order chi connectivity index (χ1) is 17.7. The molecule has 0 radical (unpaired) electrons. The van der Waals surface area contributed by atoms with Gasteiger partial charge in [0.05, 0.1) is 31.0 Å². The molecular weight excluding hydrogens is 564 g/mol. The standard InChI is InChI=1S/C25H27BrN4O6S/c1-4-34-20-10-15(17(26)11-18(20)31)12-27-30-21(32)13-36-19-9-7-6-8-16(19)23-22(24(33)35-5-2)14(3)28-25(37)29-23/h6-12,23,31H,4-5,13H2,1-3H3,(H,30,32)(H2,28,29,37)/t23-/m1/s1. The van der Waals surface area contributed by atoms with E-state index >= 15 is 0 Å². The largest absolute Gasteiger partial charge is 0.504 e. The molecule has 12 heteroatoms. The number of halogens is 1. The Bertz CT molecular complexity index is 1250. The van der Waals surface area contributed by atoms with Gasteiger partial charge in [-0.05, 0) is 67.1 Å². The molecule has 1 amide bonds. The maximum absolute atomic E-state index is 12.7. The van der Waals surface area contributed by atoms with Gasteiger partial charge in [0.25, 0.3) is 5.91 Å². The molecule has 0 bridgehead atoms. The number of carbonyl (C=O) groups is 2. The molecule has 0 saturated carbocycles. The van der Waals surface area contributed by atoms with Crippen molar-refractivity contribution in [3.8, 4) is 17.2 Å². The number of phenolic OH excluding ortho intramolecular Hbond substituents is 1. The summed E-state index contributed by atoms with van der Waals surface area (Å²) in [7, 11) is 0. The van der Waals surface area contributed by atoms with Gasteiger partial charge in [0.15, 0.2) is 23.2 Å². The lowest BCUT2D eigenvalue weighted by Crippen LogP contribution is -2.45. The topological polar surface area (TPSA) is 131 Å². The number of amides is 1. The average Bonchev–Trinajstić information content (AvgIpc) is 2.85. The van der Waals surface area contributed by atoms with Crippen molar-refractivity contribution in [3.05, 3.63) is 63.3 Å². The first kappa shape index (κ1) is 27.9. The molecule has 2 aromatic carbocycles. The first-order valence-corrected chi connectivity index (χ1v) is 12.6. The van der Waals surface area contributed by atoms with Gasteiger partial charge < -0.3 is 30.0 Å². The second-order valence-corrected chi connectivity index (χ2v) is 8.95. The Morgan fingerprint density at radius 3 is 2.68 bits per heavy atom. The number of nitrogens with one attached hydrogen (secondary N) is 3. The van der Waals surface area contributed by atoms with Crippen molar-refractivity contribution in [2.45, 2.75) is 26.8 Å². The molecule has 1 atom stereocenters. The second kappa shape index (κ2) is 13.1. The van der Waals surface area contributed by atoms with Gasteiger partial charge in [-0.1, -0.05) is 18.2 Å². The van der Waals surface area contributed by atoms with Crippen LogP contribution in [0.1, 0.15) is 37.9 Å². The molecule has 0 aliphatic carbocycles. The highest BCUT2D eigenvalue weighted by Gasteiger charge is 2.32. The molecule has 0 spiro atoms. The summed E-state index contributed by atoms with van der Waals surface area (Å²) >= 11 is 8.63. The lowest BCUT2D eigenvalue weighted by molar-refractivity contribution is -0.139. The molecule has 1 heterocycles. The number of ether oxygens (including phenoxy) is 3. The van der Waals surface area contributed by atoms with E-state index in [1.807, 2.05) is 0 Å². The zero-order valence-electron chi connectivity index (χ0n) is 20.5. The van der Waals surface area contributed by atoms with Gasteiger partial charge in [-0.15, -0.1) is 0 Å². The monoisotopic (exact) mass is 590 g/mol. The number of benzene rings is 2. The van der Waals surface area contributed by atoms with Crippen LogP contribution in [0, 0.1) is 0 Å². The molecule has 4 N–H and O–H groups in total. The van der Waals surface area contributed by atoms with E-state index in [1.165, 1.54) is 12.3 Å². The van der Waals surface area contributed by atoms with Crippen LogP contribution < -0.4 is 25.5 Å². The third kappa shape index (κ3) is 7.20. The summed E-state index contributed by atoms with van der Waals surface area (Å²) in [5.41, 5.74) is 4.55. The third-order valence-corrected chi connectivity index (χ3v) is 6.03. The molecule has 1 aliphatic rings. The fraction of sp³-hybridized carbons (Fsp3) is 0.280. The highest BCUT2D eigenvalue weighted by molar-refractivity contribution is 9.10. The number of carbonyl (C=O) groups excluding carboxylic acids is 2. The lowest BCUT2D eigenvalue weighted by Gasteiger charge is -2.30. The fourth-order valence-electron chi connectivity index (χ4n) is 3.54. The predicted octanol–water partition coefficient (Wildman–Crippen LogP) is 3.44. The minimum Gasteiger partial charge on any atom is -0.504 e. The number of hydrogen-bond acceptors (Lipinski definition) is 8. The molecule has 0 unspecified atom stereocenters. The Morgan fingerprint density at radius 1 is 1.19 bits per heavy atom. The fourth-order valence-corrected chi connectivity index (χ4v) is 4.24. The molecule has 2 aromatic rings. The highest BCUT2D eigenvalue weighted by Crippen LogP contribution is 2.34. The Hall–Kier alpha value is -3.64. The van der Waals surface area contributed by atoms with E-state index < -0.39 is 17.9 Å². The van der Waals surface area contributed by atoms with Crippen LogP contribution in [0.2, 0.25) is 0 Å². The van der Waals surface area contributed by atoms with Gasteiger partial charge in [-0.25, -0.2) is 10.2 Å².